The van der Waals surface area contributed by atoms with Crippen molar-refractivity contribution in [1.82, 2.24) is 9.97 Å². The van der Waals surface area contributed by atoms with E-state index < -0.39 is 0 Å². The Morgan fingerprint density at radius 3 is 1.92 bits per heavy atom. The molecule has 0 saturated heterocycles. The summed E-state index contributed by atoms with van der Waals surface area (Å²) in [7, 11) is 0. The van der Waals surface area contributed by atoms with Gasteiger partial charge in [0.1, 0.15) is 0 Å². The highest BCUT2D eigenvalue weighted by atomic mass is 15.1. The Hall–Kier alpha value is -4.76. The van der Waals surface area contributed by atoms with E-state index in [-0.39, 0.29) is 0 Å². The third-order valence-electron chi connectivity index (χ3n) is 6.95. The average molecular weight is 462 g/mol. The van der Waals surface area contributed by atoms with Crippen LogP contribution in [0.2, 0.25) is 0 Å². The van der Waals surface area contributed by atoms with Crippen LogP contribution in [0.15, 0.2) is 121 Å². The van der Waals surface area contributed by atoms with E-state index in [4.69, 9.17) is 9.97 Å². The van der Waals surface area contributed by atoms with Gasteiger partial charge in [-0.25, -0.2) is 9.97 Å². The number of hydrogen-bond acceptors (Lipinski definition) is 3. The summed E-state index contributed by atoms with van der Waals surface area (Å²) >= 11 is 0. The predicted molar refractivity (Wildman–Crippen MR) is 151 cm³/mol. The number of anilines is 3. The maximum absolute atomic E-state index is 4.96. The molecule has 0 radical (unpaired) electrons. The number of aromatic nitrogens is 2. The van der Waals surface area contributed by atoms with Gasteiger partial charge in [-0.15, -0.1) is 0 Å². The van der Waals surface area contributed by atoms with E-state index in [0.29, 0.717) is 0 Å². The van der Waals surface area contributed by atoms with Crippen LogP contribution in [0, 0.1) is 6.92 Å². The van der Waals surface area contributed by atoms with Crippen molar-refractivity contribution < 1.29 is 0 Å². The van der Waals surface area contributed by atoms with Crippen LogP contribution in [0.5, 0.6) is 0 Å². The lowest BCUT2D eigenvalue weighted by Gasteiger charge is -2.28. The monoisotopic (exact) mass is 461 g/mol. The van der Waals surface area contributed by atoms with E-state index in [1.165, 1.54) is 27.1 Å². The van der Waals surface area contributed by atoms with E-state index in [0.717, 1.165) is 39.1 Å². The summed E-state index contributed by atoms with van der Waals surface area (Å²) in [6, 6.07) is 42.6. The van der Waals surface area contributed by atoms with Gasteiger partial charge in [0.25, 0.3) is 0 Å². The summed E-state index contributed by atoms with van der Waals surface area (Å²) < 4.78 is 0. The first-order valence-electron chi connectivity index (χ1n) is 12.2. The number of aryl methyl sites for hydroxylation is 1. The second-order valence-corrected chi connectivity index (χ2v) is 9.17. The normalized spacial score (nSPS) is 11.5. The fraction of sp³-hybridized carbons (Fsp3) is 0.0303. The molecule has 0 spiro atoms. The van der Waals surface area contributed by atoms with Gasteiger partial charge in [-0.2, -0.15) is 0 Å². The smallest absolute Gasteiger partial charge is 0.0915 e. The number of rotatable bonds is 3. The van der Waals surface area contributed by atoms with Gasteiger partial charge in [-0.05, 0) is 65.7 Å². The number of nitrogens with zero attached hydrogens (tertiary/aromatic N) is 3. The zero-order chi connectivity index (χ0) is 24.1. The SMILES string of the molecule is Cc1ccc(N(c2ccc3nc4ccccc4nc3c2)c2cccc3ccccc23)c2ccccc12. The minimum absolute atomic E-state index is 0.882. The predicted octanol–water partition coefficient (Wildman–Crippen LogP) is 8.87. The Labute approximate surface area is 209 Å². The quantitative estimate of drug-likeness (QED) is 0.246. The van der Waals surface area contributed by atoms with Gasteiger partial charge in [0.2, 0.25) is 0 Å². The molecule has 170 valence electrons. The van der Waals surface area contributed by atoms with Crippen molar-refractivity contribution in [1.29, 1.82) is 0 Å². The van der Waals surface area contributed by atoms with Crippen LogP contribution in [0.4, 0.5) is 17.1 Å². The molecule has 6 aromatic carbocycles. The van der Waals surface area contributed by atoms with Crippen molar-refractivity contribution in [3.05, 3.63) is 127 Å². The van der Waals surface area contributed by atoms with Crippen LogP contribution < -0.4 is 4.90 Å². The lowest BCUT2D eigenvalue weighted by atomic mass is 10.0. The Kier molecular flexibility index (Phi) is 4.68. The number of benzene rings is 6. The molecule has 1 aromatic heterocycles. The average Bonchev–Trinajstić information content (AvgIpc) is 2.93. The van der Waals surface area contributed by atoms with E-state index >= 15 is 0 Å². The summed E-state index contributed by atoms with van der Waals surface area (Å²) in [5.41, 5.74) is 8.18. The van der Waals surface area contributed by atoms with Crippen LogP contribution in [-0.4, -0.2) is 9.97 Å². The van der Waals surface area contributed by atoms with Crippen LogP contribution in [0.3, 0.4) is 0 Å². The Morgan fingerprint density at radius 2 is 1.08 bits per heavy atom. The van der Waals surface area contributed by atoms with Crippen LogP contribution in [0.25, 0.3) is 43.6 Å². The fourth-order valence-electron chi connectivity index (χ4n) is 5.19. The molecule has 7 aromatic rings. The van der Waals surface area contributed by atoms with Gasteiger partial charge in [0, 0.05) is 16.5 Å². The molecule has 0 saturated carbocycles. The van der Waals surface area contributed by atoms with Gasteiger partial charge in [0.05, 0.1) is 33.4 Å². The summed E-state index contributed by atoms with van der Waals surface area (Å²) in [5.74, 6) is 0. The van der Waals surface area contributed by atoms with E-state index in [1.807, 2.05) is 24.3 Å². The zero-order valence-corrected chi connectivity index (χ0v) is 19.9. The van der Waals surface area contributed by atoms with E-state index in [9.17, 15) is 0 Å². The van der Waals surface area contributed by atoms with Crippen molar-refractivity contribution >= 4 is 60.7 Å². The van der Waals surface area contributed by atoms with Crippen molar-refractivity contribution in [3.8, 4) is 0 Å². The third-order valence-corrected chi connectivity index (χ3v) is 6.95. The van der Waals surface area contributed by atoms with Crippen LogP contribution in [-0.2, 0) is 0 Å². The number of fused-ring (bicyclic) bond motifs is 4. The molecule has 0 fully saturated rings. The number of hydrogen-bond donors (Lipinski definition) is 0. The molecule has 0 bridgehead atoms. The molecular weight excluding hydrogens is 438 g/mol. The maximum atomic E-state index is 4.96. The summed E-state index contributed by atoms with van der Waals surface area (Å²) in [4.78, 5) is 12.2. The molecule has 0 unspecified atom stereocenters. The van der Waals surface area contributed by atoms with E-state index in [1.54, 1.807) is 0 Å². The lowest BCUT2D eigenvalue weighted by Crippen LogP contribution is -2.11. The second kappa shape index (κ2) is 8.17. The standard InChI is InChI=1S/C33H23N3/c1-22-17-20-33(27-13-5-4-11-25(22)27)36(32-16-8-10-23-9-2-3-12-26(23)32)24-18-19-30-31(21-24)35-29-15-7-6-14-28(29)34-30/h2-21H,1H3. The molecule has 0 aliphatic carbocycles. The molecule has 0 atom stereocenters. The topological polar surface area (TPSA) is 29.0 Å². The largest absolute Gasteiger partial charge is 0.309 e. The van der Waals surface area contributed by atoms with Gasteiger partial charge >= 0.3 is 0 Å². The van der Waals surface area contributed by atoms with Crippen LogP contribution in [0.1, 0.15) is 5.56 Å². The first-order valence-corrected chi connectivity index (χ1v) is 12.2. The molecule has 7 rings (SSSR count). The maximum Gasteiger partial charge on any atom is 0.0915 e. The molecule has 0 aliphatic rings. The van der Waals surface area contributed by atoms with Crippen LogP contribution >= 0.6 is 0 Å². The molecule has 0 amide bonds. The van der Waals surface area contributed by atoms with Crippen molar-refractivity contribution in [2.75, 3.05) is 4.90 Å². The molecule has 0 aliphatic heterocycles. The van der Waals surface area contributed by atoms with Gasteiger partial charge < -0.3 is 4.90 Å². The van der Waals surface area contributed by atoms with Gasteiger partial charge in [-0.1, -0.05) is 78.9 Å². The summed E-state index contributed by atoms with van der Waals surface area (Å²) in [6.45, 7) is 2.17. The lowest BCUT2D eigenvalue weighted by molar-refractivity contribution is 1.30. The molecule has 36 heavy (non-hydrogen) atoms. The first-order chi connectivity index (χ1) is 17.8. The van der Waals surface area contributed by atoms with Crippen molar-refractivity contribution in [2.24, 2.45) is 0 Å². The minimum atomic E-state index is 0.882. The molecular formula is C33H23N3. The number of para-hydroxylation sites is 2. The fourth-order valence-corrected chi connectivity index (χ4v) is 5.19. The van der Waals surface area contributed by atoms with Gasteiger partial charge in [-0.3, -0.25) is 0 Å². The highest BCUT2D eigenvalue weighted by Crippen LogP contribution is 2.43. The molecule has 3 heteroatoms. The molecule has 1 heterocycles. The highest BCUT2D eigenvalue weighted by Gasteiger charge is 2.19. The third kappa shape index (κ3) is 3.29. The molecule has 3 nitrogen and oxygen atoms in total. The second-order valence-electron chi connectivity index (χ2n) is 9.17. The van der Waals surface area contributed by atoms with Crippen molar-refractivity contribution in [2.45, 2.75) is 6.92 Å². The molecule has 0 N–H and O–H groups in total. The minimum Gasteiger partial charge on any atom is -0.309 e. The van der Waals surface area contributed by atoms with Crippen molar-refractivity contribution in [3.63, 3.8) is 0 Å². The Bertz CT molecular complexity index is 1920. The summed E-state index contributed by atoms with van der Waals surface area (Å²) in [5, 5.41) is 4.89. The zero-order valence-electron chi connectivity index (χ0n) is 19.9. The summed E-state index contributed by atoms with van der Waals surface area (Å²) in [6.07, 6.45) is 0. The highest BCUT2D eigenvalue weighted by molar-refractivity contribution is 6.06. The van der Waals surface area contributed by atoms with E-state index in [2.05, 4.69) is 109 Å². The Morgan fingerprint density at radius 1 is 0.472 bits per heavy atom. The first kappa shape index (κ1) is 20.6. The Balaban J connectivity index is 1.55. The van der Waals surface area contributed by atoms with Gasteiger partial charge in [0.15, 0.2) is 0 Å².